The largest absolute Gasteiger partial charge is 0.356 e. The third kappa shape index (κ3) is 7.46. The predicted molar refractivity (Wildman–Crippen MR) is 115 cm³/mol. The number of aliphatic imine (C=N–C) groups is 1. The minimum atomic E-state index is 0. The van der Waals surface area contributed by atoms with Gasteiger partial charge in [-0.3, -0.25) is 4.99 Å². The maximum absolute atomic E-state index is 4.30. The number of rotatable bonds is 8. The third-order valence-electron chi connectivity index (χ3n) is 4.34. The summed E-state index contributed by atoms with van der Waals surface area (Å²) in [6.07, 6.45) is 8.01. The normalized spacial score (nSPS) is 11.3. The van der Waals surface area contributed by atoms with E-state index in [9.17, 15) is 0 Å². The number of nitrogens with zero attached hydrogens (tertiary/aromatic N) is 3. The zero-order valence-corrected chi connectivity index (χ0v) is 17.7. The van der Waals surface area contributed by atoms with Crippen LogP contribution in [0.25, 0.3) is 0 Å². The average molecular weight is 455 g/mol. The van der Waals surface area contributed by atoms with Crippen molar-refractivity contribution < 1.29 is 0 Å². The van der Waals surface area contributed by atoms with E-state index in [1.165, 1.54) is 24.0 Å². The molecule has 25 heavy (non-hydrogen) atoms. The average Bonchev–Trinajstić information content (AvgIpc) is 3.12. The first-order valence-corrected chi connectivity index (χ1v) is 8.73. The predicted octanol–water partition coefficient (Wildman–Crippen LogP) is 3.65. The number of benzene rings is 1. The van der Waals surface area contributed by atoms with E-state index in [0.717, 1.165) is 25.6 Å². The molecule has 5 nitrogen and oxygen atoms in total. The van der Waals surface area contributed by atoms with Crippen LogP contribution >= 0.6 is 24.0 Å². The van der Waals surface area contributed by atoms with Gasteiger partial charge in [0.1, 0.15) is 0 Å². The van der Waals surface area contributed by atoms with E-state index >= 15 is 0 Å². The monoisotopic (exact) mass is 455 g/mol. The number of aromatic nitrogens is 2. The summed E-state index contributed by atoms with van der Waals surface area (Å²) in [6.45, 7) is 7.06. The van der Waals surface area contributed by atoms with Crippen LogP contribution in [0.15, 0.2) is 48.0 Å². The van der Waals surface area contributed by atoms with Crippen LogP contribution in [0.3, 0.4) is 0 Å². The Kier molecular flexibility index (Phi) is 10.2. The van der Waals surface area contributed by atoms with Crippen LogP contribution in [0, 0.1) is 5.92 Å². The van der Waals surface area contributed by atoms with Gasteiger partial charge in [-0.2, -0.15) is 0 Å². The fraction of sp³-hybridized carbons (Fsp3) is 0.474. The maximum Gasteiger partial charge on any atom is 0.191 e. The van der Waals surface area contributed by atoms with Gasteiger partial charge in [-0.1, -0.05) is 51.0 Å². The molecular weight excluding hydrogens is 425 g/mol. The van der Waals surface area contributed by atoms with Crippen molar-refractivity contribution in [3.63, 3.8) is 0 Å². The molecule has 0 saturated carbocycles. The van der Waals surface area contributed by atoms with Crippen molar-refractivity contribution in [3.8, 4) is 0 Å². The SMILES string of the molecule is CCC(CC)CNC(=NC)NCc1ccc(Cn2ccnc2)cc1.I. The molecule has 0 spiro atoms. The molecule has 2 N–H and O–H groups in total. The van der Waals surface area contributed by atoms with Gasteiger partial charge in [0.05, 0.1) is 6.33 Å². The Labute approximate surface area is 168 Å². The highest BCUT2D eigenvalue weighted by atomic mass is 127. The highest BCUT2D eigenvalue weighted by Gasteiger charge is 2.05. The summed E-state index contributed by atoms with van der Waals surface area (Å²) in [7, 11) is 1.82. The molecule has 1 aromatic heterocycles. The molecule has 2 aromatic rings. The zero-order valence-electron chi connectivity index (χ0n) is 15.4. The first-order chi connectivity index (χ1) is 11.7. The van der Waals surface area contributed by atoms with Gasteiger partial charge in [-0.25, -0.2) is 4.98 Å². The Morgan fingerprint density at radius 2 is 1.80 bits per heavy atom. The summed E-state index contributed by atoms with van der Waals surface area (Å²) >= 11 is 0. The van der Waals surface area contributed by atoms with Crippen LogP contribution < -0.4 is 10.6 Å². The third-order valence-corrected chi connectivity index (χ3v) is 4.34. The molecule has 1 aromatic carbocycles. The number of hydrogen-bond acceptors (Lipinski definition) is 2. The van der Waals surface area contributed by atoms with Gasteiger partial charge >= 0.3 is 0 Å². The summed E-state index contributed by atoms with van der Waals surface area (Å²) in [4.78, 5) is 8.36. The van der Waals surface area contributed by atoms with Crippen LogP contribution in [0.4, 0.5) is 0 Å². The smallest absolute Gasteiger partial charge is 0.191 e. The Morgan fingerprint density at radius 3 is 2.36 bits per heavy atom. The van der Waals surface area contributed by atoms with Crippen molar-refractivity contribution >= 4 is 29.9 Å². The molecule has 0 saturated heterocycles. The fourth-order valence-corrected chi connectivity index (χ4v) is 2.58. The van der Waals surface area contributed by atoms with E-state index < -0.39 is 0 Å². The van der Waals surface area contributed by atoms with E-state index in [0.29, 0.717) is 5.92 Å². The summed E-state index contributed by atoms with van der Waals surface area (Å²) in [6, 6.07) is 8.65. The molecule has 0 aliphatic rings. The van der Waals surface area contributed by atoms with Crippen molar-refractivity contribution in [2.45, 2.75) is 39.8 Å². The molecule has 0 atom stereocenters. The highest BCUT2D eigenvalue weighted by Crippen LogP contribution is 2.07. The first kappa shape index (κ1) is 21.5. The molecule has 0 amide bonds. The lowest BCUT2D eigenvalue weighted by Crippen LogP contribution is -2.39. The molecule has 6 heteroatoms. The lowest BCUT2D eigenvalue weighted by atomic mass is 10.0. The number of imidazole rings is 1. The molecular formula is C19H30IN5. The molecule has 0 unspecified atom stereocenters. The minimum absolute atomic E-state index is 0. The van der Waals surface area contributed by atoms with Crippen LogP contribution in [-0.2, 0) is 13.1 Å². The summed E-state index contributed by atoms with van der Waals surface area (Å²) in [5, 5.41) is 6.79. The van der Waals surface area contributed by atoms with Crippen LogP contribution in [0.2, 0.25) is 0 Å². The van der Waals surface area contributed by atoms with E-state index in [-0.39, 0.29) is 24.0 Å². The number of guanidine groups is 1. The number of hydrogen-bond donors (Lipinski definition) is 2. The summed E-state index contributed by atoms with van der Waals surface area (Å²) in [5.41, 5.74) is 2.52. The van der Waals surface area contributed by atoms with Crippen LogP contribution in [0.1, 0.15) is 37.8 Å². The molecule has 0 aliphatic carbocycles. The van der Waals surface area contributed by atoms with Crippen molar-refractivity contribution in [3.05, 3.63) is 54.1 Å². The Hall–Kier alpha value is -1.57. The van der Waals surface area contributed by atoms with E-state index in [2.05, 4.69) is 63.3 Å². The van der Waals surface area contributed by atoms with Crippen molar-refractivity contribution in [1.29, 1.82) is 0 Å². The lowest BCUT2D eigenvalue weighted by Gasteiger charge is -2.16. The second-order valence-electron chi connectivity index (χ2n) is 6.04. The zero-order chi connectivity index (χ0) is 17.2. The number of nitrogens with one attached hydrogen (secondary N) is 2. The van der Waals surface area contributed by atoms with Crippen molar-refractivity contribution in [1.82, 2.24) is 20.2 Å². The maximum atomic E-state index is 4.30. The molecule has 1 heterocycles. The van der Waals surface area contributed by atoms with Crippen LogP contribution in [-0.4, -0.2) is 29.1 Å². The standard InChI is InChI=1S/C19H29N5.HI/c1-4-16(5-2)12-22-19(20-3)23-13-17-6-8-18(9-7-17)14-24-11-10-21-15-24;/h6-11,15-16H,4-5,12-14H2,1-3H3,(H2,20,22,23);1H. The van der Waals surface area contributed by atoms with E-state index in [1.54, 1.807) is 6.20 Å². The van der Waals surface area contributed by atoms with Crippen LogP contribution in [0.5, 0.6) is 0 Å². The Balaban J connectivity index is 0.00000312. The van der Waals surface area contributed by atoms with E-state index in [4.69, 9.17) is 0 Å². The van der Waals surface area contributed by atoms with Gasteiger partial charge in [-0.15, -0.1) is 24.0 Å². The van der Waals surface area contributed by atoms with Gasteiger partial charge < -0.3 is 15.2 Å². The highest BCUT2D eigenvalue weighted by molar-refractivity contribution is 14.0. The van der Waals surface area contributed by atoms with Gasteiger partial charge in [0, 0.05) is 39.1 Å². The van der Waals surface area contributed by atoms with Gasteiger partial charge in [0.15, 0.2) is 5.96 Å². The second-order valence-corrected chi connectivity index (χ2v) is 6.04. The molecule has 2 rings (SSSR count). The quantitative estimate of drug-likeness (QED) is 0.363. The first-order valence-electron chi connectivity index (χ1n) is 8.73. The molecule has 138 valence electrons. The van der Waals surface area contributed by atoms with E-state index in [1.807, 2.05) is 19.6 Å². The molecule has 0 bridgehead atoms. The van der Waals surface area contributed by atoms with Gasteiger partial charge in [0.25, 0.3) is 0 Å². The number of halogens is 1. The lowest BCUT2D eigenvalue weighted by molar-refractivity contribution is 0.481. The molecule has 0 fully saturated rings. The Bertz CT molecular complexity index is 603. The second kappa shape index (κ2) is 11.9. The molecule has 0 aliphatic heterocycles. The van der Waals surface area contributed by atoms with Gasteiger partial charge in [-0.05, 0) is 17.0 Å². The topological polar surface area (TPSA) is 54.2 Å². The molecule has 0 radical (unpaired) electrons. The van der Waals surface area contributed by atoms with Crippen molar-refractivity contribution in [2.24, 2.45) is 10.9 Å². The summed E-state index contributed by atoms with van der Waals surface area (Å²) < 4.78 is 2.07. The van der Waals surface area contributed by atoms with Gasteiger partial charge in [0.2, 0.25) is 0 Å². The van der Waals surface area contributed by atoms with Crippen molar-refractivity contribution in [2.75, 3.05) is 13.6 Å². The summed E-state index contributed by atoms with van der Waals surface area (Å²) in [5.74, 6) is 1.57. The minimum Gasteiger partial charge on any atom is -0.356 e. The Morgan fingerprint density at radius 1 is 1.12 bits per heavy atom. The fourth-order valence-electron chi connectivity index (χ4n) is 2.58.